The fourth-order valence-electron chi connectivity index (χ4n) is 3.14. The number of carbonyl (C=O) groups excluding carboxylic acids is 2. The number of nitrogens with two attached hydrogens (primary N) is 1. The highest BCUT2D eigenvalue weighted by Crippen LogP contribution is 2.27. The minimum absolute atomic E-state index is 0.333. The van der Waals surface area contributed by atoms with Crippen LogP contribution in [0.1, 0.15) is 26.3 Å². The number of nitrogens with one attached hydrogen (secondary N) is 1. The van der Waals surface area contributed by atoms with Gasteiger partial charge < -0.3 is 11.1 Å². The van der Waals surface area contributed by atoms with Crippen molar-refractivity contribution < 1.29 is 9.59 Å². The number of amides is 2. The van der Waals surface area contributed by atoms with Crippen LogP contribution in [-0.4, -0.2) is 21.6 Å². The first-order valence-corrected chi connectivity index (χ1v) is 9.93. The average Bonchev–Trinajstić information content (AvgIpc) is 3.20. The van der Waals surface area contributed by atoms with Crippen molar-refractivity contribution in [3.8, 4) is 16.9 Å². The van der Waals surface area contributed by atoms with Gasteiger partial charge in [-0.05, 0) is 43.3 Å². The first kappa shape index (κ1) is 20.4. The number of hydrogen-bond acceptors (Lipinski definition) is 3. The van der Waals surface area contributed by atoms with Crippen molar-refractivity contribution in [2.75, 3.05) is 5.32 Å². The third kappa shape index (κ3) is 4.34. The maximum absolute atomic E-state index is 13.1. The van der Waals surface area contributed by atoms with Crippen LogP contribution in [0, 0.1) is 6.92 Å². The van der Waals surface area contributed by atoms with E-state index >= 15 is 0 Å². The van der Waals surface area contributed by atoms with Crippen LogP contribution >= 0.6 is 11.6 Å². The van der Waals surface area contributed by atoms with Gasteiger partial charge in [0.15, 0.2) is 0 Å². The fraction of sp³-hybridized carbons (Fsp3) is 0.0417. The number of benzene rings is 3. The van der Waals surface area contributed by atoms with Crippen molar-refractivity contribution in [2.45, 2.75) is 6.92 Å². The van der Waals surface area contributed by atoms with E-state index in [9.17, 15) is 9.59 Å². The molecule has 4 rings (SSSR count). The number of halogens is 1. The Bertz CT molecular complexity index is 1260. The summed E-state index contributed by atoms with van der Waals surface area (Å²) in [5, 5.41) is 8.02. The van der Waals surface area contributed by atoms with Crippen molar-refractivity contribution in [3.63, 3.8) is 0 Å². The molecule has 0 radical (unpaired) electrons. The Morgan fingerprint density at radius 2 is 1.65 bits per heavy atom. The SMILES string of the molecule is Cc1ccc(-c2nn(-c3ccccc3Cl)cc2C(=O)Nc2ccc(C(N)=O)cc2)cc1. The molecule has 6 nitrogen and oxygen atoms in total. The Kier molecular flexibility index (Phi) is 5.56. The van der Waals surface area contributed by atoms with Crippen molar-refractivity contribution >= 4 is 29.1 Å². The lowest BCUT2D eigenvalue weighted by atomic mass is 10.1. The molecule has 0 aliphatic carbocycles. The van der Waals surface area contributed by atoms with Crippen LogP contribution in [0.15, 0.2) is 79.0 Å². The first-order valence-electron chi connectivity index (χ1n) is 9.55. The maximum atomic E-state index is 13.1. The lowest BCUT2D eigenvalue weighted by Crippen LogP contribution is -2.13. The quantitative estimate of drug-likeness (QED) is 0.474. The van der Waals surface area contributed by atoms with Gasteiger partial charge >= 0.3 is 0 Å². The van der Waals surface area contributed by atoms with Gasteiger partial charge in [-0.1, -0.05) is 53.6 Å². The number of nitrogens with zero attached hydrogens (tertiary/aromatic N) is 2. The van der Waals surface area contributed by atoms with E-state index in [4.69, 9.17) is 17.3 Å². The van der Waals surface area contributed by atoms with Crippen molar-refractivity contribution in [1.29, 1.82) is 0 Å². The molecule has 0 saturated heterocycles. The van der Waals surface area contributed by atoms with E-state index in [1.807, 2.05) is 49.4 Å². The lowest BCUT2D eigenvalue weighted by molar-refractivity contribution is 0.0998. The van der Waals surface area contributed by atoms with E-state index in [1.165, 1.54) is 0 Å². The van der Waals surface area contributed by atoms with Gasteiger partial charge in [0.1, 0.15) is 5.69 Å². The van der Waals surface area contributed by atoms with Crippen molar-refractivity contribution in [3.05, 3.63) is 101 Å². The summed E-state index contributed by atoms with van der Waals surface area (Å²) in [6.45, 7) is 2.00. The Morgan fingerprint density at radius 1 is 0.968 bits per heavy atom. The number of carbonyl (C=O) groups is 2. The Morgan fingerprint density at radius 3 is 2.29 bits per heavy atom. The van der Waals surface area contributed by atoms with E-state index in [2.05, 4.69) is 10.4 Å². The molecular weight excluding hydrogens is 412 g/mol. The number of aryl methyl sites for hydroxylation is 1. The van der Waals surface area contributed by atoms with E-state index in [0.29, 0.717) is 33.2 Å². The molecule has 0 fully saturated rings. The highest BCUT2D eigenvalue weighted by Gasteiger charge is 2.20. The molecule has 0 unspecified atom stereocenters. The molecule has 3 aromatic carbocycles. The van der Waals surface area contributed by atoms with Gasteiger partial charge in [-0.15, -0.1) is 0 Å². The van der Waals surface area contributed by atoms with Gasteiger partial charge in [-0.2, -0.15) is 5.10 Å². The van der Waals surface area contributed by atoms with Crippen LogP contribution in [0.5, 0.6) is 0 Å². The number of hydrogen-bond donors (Lipinski definition) is 2. The predicted molar refractivity (Wildman–Crippen MR) is 122 cm³/mol. The van der Waals surface area contributed by atoms with Gasteiger partial charge in [0.05, 0.1) is 16.3 Å². The van der Waals surface area contributed by atoms with Gasteiger partial charge in [0.2, 0.25) is 5.91 Å². The number of anilines is 1. The molecule has 3 N–H and O–H groups in total. The Balaban J connectivity index is 1.74. The molecule has 0 spiro atoms. The lowest BCUT2D eigenvalue weighted by Gasteiger charge is -2.06. The molecule has 7 heteroatoms. The van der Waals surface area contributed by atoms with Crippen molar-refractivity contribution in [1.82, 2.24) is 9.78 Å². The van der Waals surface area contributed by atoms with E-state index in [1.54, 1.807) is 41.2 Å². The Labute approximate surface area is 184 Å². The summed E-state index contributed by atoms with van der Waals surface area (Å²) < 4.78 is 1.60. The molecule has 0 bridgehead atoms. The minimum atomic E-state index is -0.527. The molecule has 0 aliphatic rings. The predicted octanol–water partition coefficient (Wildman–Crippen LogP) is 4.85. The summed E-state index contributed by atoms with van der Waals surface area (Å²) in [7, 11) is 0. The number of aromatic nitrogens is 2. The van der Waals surface area contributed by atoms with Crippen molar-refractivity contribution in [2.24, 2.45) is 5.73 Å². The van der Waals surface area contributed by atoms with Crippen LogP contribution < -0.4 is 11.1 Å². The molecule has 2 amide bonds. The molecule has 0 aliphatic heterocycles. The van der Waals surface area contributed by atoms with Crippen LogP contribution in [0.4, 0.5) is 5.69 Å². The van der Waals surface area contributed by atoms with Crippen LogP contribution in [-0.2, 0) is 0 Å². The second-order valence-electron chi connectivity index (χ2n) is 7.05. The summed E-state index contributed by atoms with van der Waals surface area (Å²) >= 11 is 6.34. The van der Waals surface area contributed by atoms with Crippen LogP contribution in [0.2, 0.25) is 5.02 Å². The van der Waals surface area contributed by atoms with E-state index in [-0.39, 0.29) is 5.91 Å². The third-order valence-electron chi connectivity index (χ3n) is 4.81. The number of rotatable bonds is 5. The molecule has 154 valence electrons. The van der Waals surface area contributed by atoms with Gasteiger partial charge in [0, 0.05) is 23.0 Å². The molecular formula is C24H19ClN4O2. The summed E-state index contributed by atoms with van der Waals surface area (Å²) in [5.41, 5.74) is 9.69. The smallest absolute Gasteiger partial charge is 0.259 e. The van der Waals surface area contributed by atoms with Gasteiger partial charge in [-0.3, -0.25) is 9.59 Å². The molecule has 4 aromatic rings. The second kappa shape index (κ2) is 8.45. The number of para-hydroxylation sites is 1. The first-order chi connectivity index (χ1) is 14.9. The van der Waals surface area contributed by atoms with Crippen LogP contribution in [0.3, 0.4) is 0 Å². The zero-order valence-corrected chi connectivity index (χ0v) is 17.4. The average molecular weight is 431 g/mol. The van der Waals surface area contributed by atoms with Gasteiger partial charge in [0.25, 0.3) is 5.91 Å². The third-order valence-corrected chi connectivity index (χ3v) is 5.13. The zero-order chi connectivity index (χ0) is 22.0. The monoisotopic (exact) mass is 430 g/mol. The summed E-state index contributed by atoms with van der Waals surface area (Å²) in [5.74, 6) is -0.860. The van der Waals surface area contributed by atoms with E-state index in [0.717, 1.165) is 11.1 Å². The number of primary amides is 1. The highest BCUT2D eigenvalue weighted by atomic mass is 35.5. The normalized spacial score (nSPS) is 10.6. The zero-order valence-electron chi connectivity index (χ0n) is 16.7. The molecule has 1 aromatic heterocycles. The molecule has 0 atom stereocenters. The Hall–Kier alpha value is -3.90. The fourth-order valence-corrected chi connectivity index (χ4v) is 3.36. The van der Waals surface area contributed by atoms with Crippen LogP contribution in [0.25, 0.3) is 16.9 Å². The molecule has 1 heterocycles. The summed E-state index contributed by atoms with van der Waals surface area (Å²) in [6.07, 6.45) is 1.66. The summed E-state index contributed by atoms with van der Waals surface area (Å²) in [4.78, 5) is 24.4. The summed E-state index contributed by atoms with van der Waals surface area (Å²) in [6, 6.07) is 21.4. The van der Waals surface area contributed by atoms with Gasteiger partial charge in [-0.25, -0.2) is 4.68 Å². The second-order valence-corrected chi connectivity index (χ2v) is 7.46. The standard InChI is InChI=1S/C24H19ClN4O2/c1-15-6-8-16(9-7-15)22-19(14-29(28-22)21-5-3-2-4-20(21)25)24(31)27-18-12-10-17(11-13-18)23(26)30/h2-14H,1H3,(H2,26,30)(H,27,31). The minimum Gasteiger partial charge on any atom is -0.366 e. The van der Waals surface area contributed by atoms with E-state index < -0.39 is 5.91 Å². The maximum Gasteiger partial charge on any atom is 0.259 e. The molecule has 0 saturated carbocycles. The molecule has 31 heavy (non-hydrogen) atoms. The topological polar surface area (TPSA) is 90.0 Å². The highest BCUT2D eigenvalue weighted by molar-refractivity contribution is 6.32. The largest absolute Gasteiger partial charge is 0.366 e.